The van der Waals surface area contributed by atoms with Crippen LogP contribution in [-0.4, -0.2) is 17.2 Å². The summed E-state index contributed by atoms with van der Waals surface area (Å²) in [6, 6.07) is 5.06. The summed E-state index contributed by atoms with van der Waals surface area (Å²) in [6.07, 6.45) is 4.06. The normalized spacial score (nSPS) is 25.4. The van der Waals surface area contributed by atoms with Gasteiger partial charge in [-0.2, -0.15) is 0 Å². The average molecular weight is 224 g/mol. The van der Waals surface area contributed by atoms with Crippen molar-refractivity contribution < 1.29 is 9.50 Å². The van der Waals surface area contributed by atoms with Crippen LogP contribution in [0.25, 0.3) is 0 Å². The van der Waals surface area contributed by atoms with E-state index in [4.69, 9.17) is 10.8 Å². The van der Waals surface area contributed by atoms with Gasteiger partial charge in [-0.1, -0.05) is 0 Å². The molecule has 0 saturated heterocycles. The molecule has 0 heterocycles. The van der Waals surface area contributed by atoms with Crippen LogP contribution in [0.4, 0.5) is 10.1 Å². The fraction of sp³-hybridized carbons (Fsp3) is 0.500. The van der Waals surface area contributed by atoms with Crippen LogP contribution >= 0.6 is 0 Å². The summed E-state index contributed by atoms with van der Waals surface area (Å²) in [7, 11) is 0. The maximum atomic E-state index is 13.1. The Balaban J connectivity index is 1.96. The molecule has 1 aromatic rings. The van der Waals surface area contributed by atoms with E-state index in [1.807, 2.05) is 0 Å². The number of nitrogens with one attached hydrogen (secondary N) is 1. The first-order valence-electron chi connectivity index (χ1n) is 5.66. The maximum absolute atomic E-state index is 13.1. The van der Waals surface area contributed by atoms with Crippen molar-refractivity contribution in [2.24, 2.45) is 5.73 Å². The van der Waals surface area contributed by atoms with E-state index < -0.39 is 5.82 Å². The predicted molar refractivity (Wildman–Crippen MR) is 61.9 cm³/mol. The molecule has 4 heteroatoms. The molecule has 1 aliphatic carbocycles. The standard InChI is InChI=1S/C12H17FN2O/c13-11-7-10(5-6-12(11)16)15-9-3-1-8(14)2-4-9/h5-9,15-16H,1-4,14H2. The fourth-order valence-corrected chi connectivity index (χ4v) is 2.10. The van der Waals surface area contributed by atoms with E-state index in [0.717, 1.165) is 31.4 Å². The van der Waals surface area contributed by atoms with Crippen LogP contribution in [-0.2, 0) is 0 Å². The molecule has 4 N–H and O–H groups in total. The van der Waals surface area contributed by atoms with Crippen LogP contribution in [0, 0.1) is 5.82 Å². The molecule has 88 valence electrons. The Morgan fingerprint density at radius 1 is 1.25 bits per heavy atom. The highest BCUT2D eigenvalue weighted by molar-refractivity contribution is 5.47. The minimum absolute atomic E-state index is 0.309. The lowest BCUT2D eigenvalue weighted by atomic mass is 9.92. The van der Waals surface area contributed by atoms with Gasteiger partial charge in [-0.25, -0.2) is 4.39 Å². The number of hydrogen-bond acceptors (Lipinski definition) is 3. The second-order valence-corrected chi connectivity index (χ2v) is 4.42. The first kappa shape index (κ1) is 11.2. The van der Waals surface area contributed by atoms with Crippen molar-refractivity contribution in [1.82, 2.24) is 0 Å². The van der Waals surface area contributed by atoms with Crippen LogP contribution in [0.3, 0.4) is 0 Å². The monoisotopic (exact) mass is 224 g/mol. The predicted octanol–water partition coefficient (Wildman–Crippen LogP) is 2.21. The van der Waals surface area contributed by atoms with Crippen LogP contribution in [0.15, 0.2) is 18.2 Å². The van der Waals surface area contributed by atoms with E-state index in [1.165, 1.54) is 12.1 Å². The van der Waals surface area contributed by atoms with Crippen molar-refractivity contribution in [2.75, 3.05) is 5.32 Å². The van der Waals surface area contributed by atoms with Gasteiger partial charge in [-0.3, -0.25) is 0 Å². The number of aromatic hydroxyl groups is 1. The zero-order chi connectivity index (χ0) is 11.5. The smallest absolute Gasteiger partial charge is 0.166 e. The molecule has 1 aliphatic rings. The van der Waals surface area contributed by atoms with Gasteiger partial charge < -0.3 is 16.2 Å². The van der Waals surface area contributed by atoms with Gasteiger partial charge in [0.05, 0.1) is 0 Å². The molecule has 1 aromatic carbocycles. The summed E-state index contributed by atoms with van der Waals surface area (Å²) in [5.41, 5.74) is 6.53. The molecule has 1 fully saturated rings. The van der Waals surface area contributed by atoms with Gasteiger partial charge in [0.2, 0.25) is 0 Å². The van der Waals surface area contributed by atoms with Crippen molar-refractivity contribution >= 4 is 5.69 Å². The van der Waals surface area contributed by atoms with Gasteiger partial charge in [-0.05, 0) is 37.8 Å². The summed E-state index contributed by atoms with van der Waals surface area (Å²) >= 11 is 0. The second-order valence-electron chi connectivity index (χ2n) is 4.42. The Kier molecular flexibility index (Phi) is 3.29. The summed E-state index contributed by atoms with van der Waals surface area (Å²) in [6.45, 7) is 0. The topological polar surface area (TPSA) is 58.3 Å². The summed E-state index contributed by atoms with van der Waals surface area (Å²) in [5, 5.41) is 12.3. The first-order chi connectivity index (χ1) is 7.65. The van der Waals surface area contributed by atoms with E-state index in [-0.39, 0.29) is 5.75 Å². The number of rotatable bonds is 2. The molecule has 0 unspecified atom stereocenters. The molecule has 0 bridgehead atoms. The SMILES string of the molecule is NC1CCC(Nc2ccc(O)c(F)c2)CC1. The minimum atomic E-state index is -0.586. The molecule has 1 saturated carbocycles. The lowest BCUT2D eigenvalue weighted by Gasteiger charge is -2.27. The van der Waals surface area contributed by atoms with Gasteiger partial charge >= 0.3 is 0 Å². The third kappa shape index (κ3) is 2.64. The Hall–Kier alpha value is -1.29. The molecule has 3 nitrogen and oxygen atoms in total. The van der Waals surface area contributed by atoms with Gasteiger partial charge in [0, 0.05) is 23.8 Å². The zero-order valence-corrected chi connectivity index (χ0v) is 9.12. The van der Waals surface area contributed by atoms with E-state index in [1.54, 1.807) is 6.07 Å². The summed E-state index contributed by atoms with van der Waals surface area (Å²) in [4.78, 5) is 0. The molecule has 0 aliphatic heterocycles. The quantitative estimate of drug-likeness (QED) is 0.675. The van der Waals surface area contributed by atoms with Gasteiger partial charge in [-0.15, -0.1) is 0 Å². The van der Waals surface area contributed by atoms with Crippen molar-refractivity contribution in [2.45, 2.75) is 37.8 Å². The Morgan fingerprint density at radius 2 is 1.94 bits per heavy atom. The largest absolute Gasteiger partial charge is 0.505 e. The highest BCUT2D eigenvalue weighted by atomic mass is 19.1. The molecular formula is C12H17FN2O. The lowest BCUT2D eigenvalue weighted by Crippen LogP contribution is -2.32. The third-order valence-corrected chi connectivity index (χ3v) is 3.09. The van der Waals surface area contributed by atoms with Crippen molar-refractivity contribution in [3.8, 4) is 5.75 Å². The maximum Gasteiger partial charge on any atom is 0.166 e. The number of anilines is 1. The second kappa shape index (κ2) is 4.70. The molecule has 0 spiro atoms. The number of hydrogen-bond donors (Lipinski definition) is 3. The van der Waals surface area contributed by atoms with Crippen molar-refractivity contribution in [3.63, 3.8) is 0 Å². The molecule has 0 radical (unpaired) electrons. The number of phenolic OH excluding ortho intramolecular Hbond substituents is 1. The average Bonchev–Trinajstić information content (AvgIpc) is 2.27. The molecule has 2 rings (SSSR count). The Labute approximate surface area is 94.5 Å². The number of halogens is 1. The summed E-state index contributed by atoms with van der Waals surface area (Å²) in [5.74, 6) is -0.895. The summed E-state index contributed by atoms with van der Waals surface area (Å²) < 4.78 is 13.1. The van der Waals surface area contributed by atoms with Crippen molar-refractivity contribution in [1.29, 1.82) is 0 Å². The number of nitrogens with two attached hydrogens (primary N) is 1. The molecule has 0 atom stereocenters. The van der Waals surface area contributed by atoms with E-state index >= 15 is 0 Å². The molecule has 0 amide bonds. The lowest BCUT2D eigenvalue weighted by molar-refractivity contribution is 0.410. The van der Waals surface area contributed by atoms with E-state index in [2.05, 4.69) is 5.32 Å². The van der Waals surface area contributed by atoms with Gasteiger partial charge in [0.15, 0.2) is 11.6 Å². The number of phenols is 1. The van der Waals surface area contributed by atoms with Crippen LogP contribution in [0.2, 0.25) is 0 Å². The van der Waals surface area contributed by atoms with Crippen LogP contribution < -0.4 is 11.1 Å². The minimum Gasteiger partial charge on any atom is -0.505 e. The van der Waals surface area contributed by atoms with Gasteiger partial charge in [0.25, 0.3) is 0 Å². The van der Waals surface area contributed by atoms with E-state index in [9.17, 15) is 4.39 Å². The Morgan fingerprint density at radius 3 is 2.56 bits per heavy atom. The van der Waals surface area contributed by atoms with Crippen LogP contribution in [0.5, 0.6) is 5.75 Å². The highest BCUT2D eigenvalue weighted by Crippen LogP contribution is 2.24. The first-order valence-corrected chi connectivity index (χ1v) is 5.66. The fourth-order valence-electron chi connectivity index (χ4n) is 2.10. The highest BCUT2D eigenvalue weighted by Gasteiger charge is 2.18. The molecular weight excluding hydrogens is 207 g/mol. The molecule has 16 heavy (non-hydrogen) atoms. The third-order valence-electron chi connectivity index (χ3n) is 3.09. The zero-order valence-electron chi connectivity index (χ0n) is 9.12. The number of benzene rings is 1. The molecule has 0 aromatic heterocycles. The Bertz CT molecular complexity index is 362. The van der Waals surface area contributed by atoms with Crippen molar-refractivity contribution in [3.05, 3.63) is 24.0 Å². The van der Waals surface area contributed by atoms with Crippen LogP contribution in [0.1, 0.15) is 25.7 Å². The van der Waals surface area contributed by atoms with Gasteiger partial charge in [0.1, 0.15) is 0 Å². The van der Waals surface area contributed by atoms with E-state index in [0.29, 0.717) is 12.1 Å².